The lowest BCUT2D eigenvalue weighted by molar-refractivity contribution is -0.991. The summed E-state index contributed by atoms with van der Waals surface area (Å²) in [6, 6.07) is 5.28. The molecule has 19 heavy (non-hydrogen) atoms. The van der Waals surface area contributed by atoms with Gasteiger partial charge in [-0.25, -0.2) is 10.0 Å². The molecule has 0 spiro atoms. The molecule has 0 aliphatic heterocycles. The van der Waals surface area contributed by atoms with E-state index in [2.05, 4.69) is 10.1 Å². The summed E-state index contributed by atoms with van der Waals surface area (Å²) in [6.45, 7) is 1.60. The van der Waals surface area contributed by atoms with Crippen LogP contribution in [0.25, 0.3) is 0 Å². The van der Waals surface area contributed by atoms with Crippen molar-refractivity contribution in [3.8, 4) is 6.07 Å². The van der Waals surface area contributed by atoms with Gasteiger partial charge in [-0.05, 0) is 13.0 Å². The van der Waals surface area contributed by atoms with E-state index in [1.807, 2.05) is 0 Å². The van der Waals surface area contributed by atoms with Crippen molar-refractivity contribution in [2.45, 2.75) is 6.92 Å². The number of amides is 1. The van der Waals surface area contributed by atoms with Gasteiger partial charge in [0.15, 0.2) is 5.69 Å². The quantitative estimate of drug-likeness (QED) is 0.383. The molecule has 1 aromatic carbocycles. The molecule has 8 heteroatoms. The van der Waals surface area contributed by atoms with Gasteiger partial charge in [-0.3, -0.25) is 4.79 Å². The van der Waals surface area contributed by atoms with Crippen molar-refractivity contribution >= 4 is 23.3 Å². The van der Waals surface area contributed by atoms with Crippen LogP contribution in [0.5, 0.6) is 0 Å². The number of nitriles is 1. The van der Waals surface area contributed by atoms with Crippen LogP contribution in [0.2, 0.25) is 0 Å². The Morgan fingerprint density at radius 3 is 2.79 bits per heavy atom. The highest BCUT2D eigenvalue weighted by molar-refractivity contribution is 6.37. The number of carbonyl (C=O) groups is 2. The number of hydrogen-bond donors (Lipinski definition) is 3. The van der Waals surface area contributed by atoms with Crippen molar-refractivity contribution in [3.63, 3.8) is 0 Å². The van der Waals surface area contributed by atoms with Gasteiger partial charge in [-0.1, -0.05) is 0 Å². The molecule has 0 radical (unpaired) electrons. The second-order valence-electron chi connectivity index (χ2n) is 3.35. The Morgan fingerprint density at radius 2 is 2.26 bits per heavy atom. The number of nitrogens with zero attached hydrogens (tertiary/aromatic N) is 1. The highest BCUT2D eigenvalue weighted by atomic mass is 16.8. The van der Waals surface area contributed by atoms with Gasteiger partial charge < -0.3 is 15.3 Å². The highest BCUT2D eigenvalue weighted by Gasteiger charge is 2.17. The standard InChI is InChI=1S/C11H11N3O5/c1-2-19-11(16)10(15)13-9-4-3-8(14(17)18)5-7(9)6-12/h3-5,14,17H,2H2,1H3,(H,13,15). The van der Waals surface area contributed by atoms with Crippen LogP contribution in [0.4, 0.5) is 11.4 Å². The van der Waals surface area contributed by atoms with Crippen molar-refractivity contribution in [3.05, 3.63) is 29.0 Å². The fourth-order valence-corrected chi connectivity index (χ4v) is 1.25. The zero-order valence-electron chi connectivity index (χ0n) is 9.97. The molecule has 8 nitrogen and oxygen atoms in total. The molecule has 100 valence electrons. The van der Waals surface area contributed by atoms with Crippen LogP contribution >= 0.6 is 0 Å². The van der Waals surface area contributed by atoms with Crippen LogP contribution in [0, 0.1) is 16.5 Å². The van der Waals surface area contributed by atoms with E-state index in [-0.39, 0.29) is 23.5 Å². The molecule has 0 saturated carbocycles. The number of esters is 1. The molecule has 0 bridgehead atoms. The third-order valence-electron chi connectivity index (χ3n) is 2.10. The predicted molar refractivity (Wildman–Crippen MR) is 62.2 cm³/mol. The third kappa shape index (κ3) is 3.75. The number of quaternary nitrogens is 1. The Labute approximate surface area is 108 Å². The fraction of sp³-hybridized carbons (Fsp3) is 0.182. The van der Waals surface area contributed by atoms with Gasteiger partial charge in [0, 0.05) is 12.1 Å². The minimum absolute atomic E-state index is 0.0468. The van der Waals surface area contributed by atoms with E-state index in [4.69, 9.17) is 10.5 Å². The van der Waals surface area contributed by atoms with Gasteiger partial charge in [-0.2, -0.15) is 10.5 Å². The first-order valence-electron chi connectivity index (χ1n) is 5.25. The summed E-state index contributed by atoms with van der Waals surface area (Å²) >= 11 is 0. The number of ether oxygens (including phenoxy) is 1. The summed E-state index contributed by atoms with van der Waals surface area (Å²) in [5.41, 5.74) is -0.103. The van der Waals surface area contributed by atoms with Gasteiger partial charge in [0.05, 0.1) is 17.9 Å². The zero-order chi connectivity index (χ0) is 14.4. The van der Waals surface area contributed by atoms with Crippen LogP contribution in [0.15, 0.2) is 18.2 Å². The maximum atomic E-state index is 11.4. The van der Waals surface area contributed by atoms with Crippen molar-refractivity contribution in [2.75, 3.05) is 11.9 Å². The minimum Gasteiger partial charge on any atom is -0.595 e. The van der Waals surface area contributed by atoms with Crippen LogP contribution in [0.3, 0.4) is 0 Å². The molecule has 0 heterocycles. The minimum atomic E-state index is -1.19. The van der Waals surface area contributed by atoms with Crippen LogP contribution in [0.1, 0.15) is 12.5 Å². The lowest BCUT2D eigenvalue weighted by Gasteiger charge is -2.13. The van der Waals surface area contributed by atoms with Crippen LogP contribution in [-0.2, 0) is 14.3 Å². The normalized spacial score (nSPS) is 11.3. The number of nitrogens with one attached hydrogen (secondary N) is 2. The largest absolute Gasteiger partial charge is 0.595 e. The molecular weight excluding hydrogens is 254 g/mol. The van der Waals surface area contributed by atoms with Crippen LogP contribution < -0.4 is 10.5 Å². The smallest absolute Gasteiger partial charge is 0.397 e. The Hall–Kier alpha value is -2.47. The maximum Gasteiger partial charge on any atom is 0.397 e. The SMILES string of the molecule is CCOC(=O)C(=O)Nc1ccc([NH+]([O-])O)cc1C#N. The monoisotopic (exact) mass is 265 g/mol. The molecule has 1 atom stereocenters. The summed E-state index contributed by atoms with van der Waals surface area (Å²) in [7, 11) is 0. The van der Waals surface area contributed by atoms with E-state index in [0.29, 0.717) is 0 Å². The summed E-state index contributed by atoms with van der Waals surface area (Å²) in [5.74, 6) is -2.10. The average Bonchev–Trinajstić information content (AvgIpc) is 2.39. The molecule has 0 aliphatic rings. The molecule has 0 fully saturated rings. The maximum absolute atomic E-state index is 11.4. The second kappa shape index (κ2) is 6.46. The summed E-state index contributed by atoms with van der Waals surface area (Å²) in [5, 5.41) is 29.3. The van der Waals surface area contributed by atoms with Crippen molar-refractivity contribution in [2.24, 2.45) is 0 Å². The summed E-state index contributed by atoms with van der Waals surface area (Å²) in [4.78, 5) is 22.5. The van der Waals surface area contributed by atoms with Crippen molar-refractivity contribution in [1.82, 2.24) is 0 Å². The molecule has 1 unspecified atom stereocenters. The first kappa shape index (κ1) is 14.6. The molecule has 0 aromatic heterocycles. The highest BCUT2D eigenvalue weighted by Crippen LogP contribution is 2.17. The van der Waals surface area contributed by atoms with Gasteiger partial charge >= 0.3 is 11.9 Å². The van der Waals surface area contributed by atoms with Crippen molar-refractivity contribution < 1.29 is 24.8 Å². The van der Waals surface area contributed by atoms with E-state index in [9.17, 15) is 14.8 Å². The van der Waals surface area contributed by atoms with Crippen molar-refractivity contribution in [1.29, 1.82) is 5.26 Å². The Bertz CT molecular complexity index is 536. The number of anilines is 1. The average molecular weight is 265 g/mol. The van der Waals surface area contributed by atoms with E-state index < -0.39 is 17.1 Å². The molecule has 1 rings (SSSR count). The van der Waals surface area contributed by atoms with E-state index >= 15 is 0 Å². The molecule has 3 N–H and O–H groups in total. The van der Waals surface area contributed by atoms with Crippen LogP contribution in [-0.4, -0.2) is 23.7 Å². The molecule has 1 aromatic rings. The van der Waals surface area contributed by atoms with Gasteiger partial charge in [-0.15, -0.1) is 0 Å². The Kier molecular flexibility index (Phi) is 4.96. The van der Waals surface area contributed by atoms with E-state index in [0.717, 1.165) is 6.07 Å². The third-order valence-corrected chi connectivity index (χ3v) is 2.10. The lowest BCUT2D eigenvalue weighted by Crippen LogP contribution is -2.99. The van der Waals surface area contributed by atoms with Gasteiger partial charge in [0.1, 0.15) is 6.07 Å². The Morgan fingerprint density at radius 1 is 1.58 bits per heavy atom. The molecule has 1 amide bonds. The first-order chi connectivity index (χ1) is 8.99. The zero-order valence-corrected chi connectivity index (χ0v) is 9.97. The second-order valence-corrected chi connectivity index (χ2v) is 3.35. The molecule has 0 saturated heterocycles. The molecular formula is C11H11N3O5. The first-order valence-corrected chi connectivity index (χ1v) is 5.25. The van der Waals surface area contributed by atoms with E-state index in [1.165, 1.54) is 12.1 Å². The molecule has 0 aliphatic carbocycles. The topological polar surface area (TPSA) is 127 Å². The summed E-state index contributed by atoms with van der Waals surface area (Å²) in [6.07, 6.45) is 0. The van der Waals surface area contributed by atoms with Gasteiger partial charge in [0.25, 0.3) is 0 Å². The lowest BCUT2D eigenvalue weighted by atomic mass is 10.1. The number of carbonyl (C=O) groups excluding carboxylic acids is 2. The Balaban J connectivity index is 2.93. The van der Waals surface area contributed by atoms with E-state index in [1.54, 1.807) is 13.0 Å². The predicted octanol–water partition coefficient (Wildman–Crippen LogP) is -0.537. The number of benzene rings is 1. The number of hydrogen-bond acceptors (Lipinski definition) is 6. The summed E-state index contributed by atoms with van der Waals surface area (Å²) < 4.78 is 4.48. The van der Waals surface area contributed by atoms with Gasteiger partial charge in [0.2, 0.25) is 0 Å². The fourth-order valence-electron chi connectivity index (χ4n) is 1.25. The number of rotatable bonds is 3.